The Kier molecular flexibility index (Phi) is 6.43. The molecule has 1 saturated heterocycles. The molecule has 32 heavy (non-hydrogen) atoms. The van der Waals surface area contributed by atoms with Crippen molar-refractivity contribution in [3.63, 3.8) is 0 Å². The highest BCUT2D eigenvalue weighted by Crippen LogP contribution is 2.45. The lowest BCUT2D eigenvalue weighted by Crippen LogP contribution is -2.54. The number of nitriles is 1. The number of piperazine rings is 1. The van der Waals surface area contributed by atoms with Crippen molar-refractivity contribution in [3.8, 4) is 17.2 Å². The zero-order valence-corrected chi connectivity index (χ0v) is 18.9. The predicted molar refractivity (Wildman–Crippen MR) is 121 cm³/mol. The third kappa shape index (κ3) is 4.46. The molecule has 2 heterocycles. The molecular formula is C25H29FN4O2. The summed E-state index contributed by atoms with van der Waals surface area (Å²) in [4.78, 5) is 21.4. The van der Waals surface area contributed by atoms with E-state index in [4.69, 9.17) is 9.72 Å². The van der Waals surface area contributed by atoms with Crippen LogP contribution in [0.3, 0.4) is 0 Å². The topological polar surface area (TPSA) is 69.5 Å². The lowest BCUT2D eigenvalue weighted by atomic mass is 9.98. The quantitative estimate of drug-likeness (QED) is 0.684. The maximum absolute atomic E-state index is 14.3. The van der Waals surface area contributed by atoms with Crippen LogP contribution in [0.25, 0.3) is 11.1 Å². The van der Waals surface area contributed by atoms with Crippen molar-refractivity contribution in [3.05, 3.63) is 46.9 Å². The Morgan fingerprint density at radius 2 is 2.09 bits per heavy atom. The van der Waals surface area contributed by atoms with Crippen LogP contribution in [0.15, 0.2) is 24.3 Å². The highest BCUT2D eigenvalue weighted by atomic mass is 19.1. The molecule has 4 rings (SSSR count). The van der Waals surface area contributed by atoms with Gasteiger partial charge in [-0.2, -0.15) is 5.26 Å². The van der Waals surface area contributed by atoms with E-state index in [9.17, 15) is 14.4 Å². The summed E-state index contributed by atoms with van der Waals surface area (Å²) in [5.41, 5.74) is 3.62. The molecule has 1 atom stereocenters. The Hall–Kier alpha value is -2.98. The molecule has 1 aromatic carbocycles. The van der Waals surface area contributed by atoms with E-state index in [0.29, 0.717) is 55.5 Å². The summed E-state index contributed by atoms with van der Waals surface area (Å²) in [7, 11) is 1.59. The van der Waals surface area contributed by atoms with Gasteiger partial charge in [0.2, 0.25) is 5.91 Å². The highest BCUT2D eigenvalue weighted by Gasteiger charge is 2.33. The number of pyridine rings is 1. The number of nitrogens with zero attached hydrogens (tertiary/aromatic N) is 4. The Morgan fingerprint density at radius 1 is 1.31 bits per heavy atom. The van der Waals surface area contributed by atoms with Crippen LogP contribution in [0, 0.1) is 24.1 Å². The van der Waals surface area contributed by atoms with E-state index in [2.05, 4.69) is 11.0 Å². The van der Waals surface area contributed by atoms with Gasteiger partial charge < -0.3 is 14.5 Å². The lowest BCUT2D eigenvalue weighted by Gasteiger charge is -2.41. The van der Waals surface area contributed by atoms with Crippen molar-refractivity contribution in [1.29, 1.82) is 5.26 Å². The standard InChI is InChI=1S/C25H29FN4O2/c1-16-4-5-19(13-22(16)26)21-12-20(14-27)25(28-24(21)18-6-7-18)29-9-10-30(17(2)15-29)23(31)8-11-32-3/h4-5,12-13,17-18H,6-11,15H2,1-3H3. The van der Waals surface area contributed by atoms with Crippen LogP contribution < -0.4 is 4.90 Å². The molecule has 1 aromatic heterocycles. The third-order valence-electron chi connectivity index (χ3n) is 6.37. The van der Waals surface area contributed by atoms with E-state index in [1.165, 1.54) is 6.07 Å². The minimum absolute atomic E-state index is 0.0108. The van der Waals surface area contributed by atoms with E-state index in [1.54, 1.807) is 20.1 Å². The average molecular weight is 437 g/mol. The molecule has 1 saturated carbocycles. The maximum atomic E-state index is 14.3. The molecule has 0 bridgehead atoms. The van der Waals surface area contributed by atoms with Gasteiger partial charge in [0.25, 0.3) is 0 Å². The number of benzene rings is 1. The SMILES string of the molecule is COCCC(=O)N1CCN(c2nc(C3CC3)c(-c3ccc(C)c(F)c3)cc2C#N)CC1C. The molecule has 0 spiro atoms. The van der Waals surface area contributed by atoms with Crippen molar-refractivity contribution in [2.45, 2.75) is 45.1 Å². The fourth-order valence-corrected chi connectivity index (χ4v) is 4.35. The van der Waals surface area contributed by atoms with Gasteiger partial charge in [0.15, 0.2) is 0 Å². The number of ether oxygens (including phenoxy) is 1. The summed E-state index contributed by atoms with van der Waals surface area (Å²) in [5.74, 6) is 0.842. The number of halogens is 1. The number of rotatable bonds is 6. The van der Waals surface area contributed by atoms with Gasteiger partial charge in [0, 0.05) is 44.3 Å². The minimum Gasteiger partial charge on any atom is -0.384 e. The summed E-state index contributed by atoms with van der Waals surface area (Å²) < 4.78 is 19.3. The molecule has 7 heteroatoms. The largest absolute Gasteiger partial charge is 0.384 e. The Morgan fingerprint density at radius 3 is 2.72 bits per heavy atom. The highest BCUT2D eigenvalue weighted by molar-refractivity contribution is 5.77. The van der Waals surface area contributed by atoms with E-state index in [1.807, 2.05) is 24.0 Å². The number of aromatic nitrogens is 1. The van der Waals surface area contributed by atoms with Crippen molar-refractivity contribution >= 4 is 11.7 Å². The summed E-state index contributed by atoms with van der Waals surface area (Å²) >= 11 is 0. The fourth-order valence-electron chi connectivity index (χ4n) is 4.35. The number of methoxy groups -OCH3 is 1. The first-order valence-electron chi connectivity index (χ1n) is 11.2. The van der Waals surface area contributed by atoms with Gasteiger partial charge in [-0.15, -0.1) is 0 Å². The van der Waals surface area contributed by atoms with Crippen molar-refractivity contribution in [2.24, 2.45) is 0 Å². The molecule has 1 amide bonds. The molecule has 2 fully saturated rings. The summed E-state index contributed by atoms with van der Waals surface area (Å²) in [5, 5.41) is 9.90. The van der Waals surface area contributed by atoms with E-state index < -0.39 is 0 Å². The Bertz CT molecular complexity index is 1060. The van der Waals surface area contributed by atoms with Crippen LogP contribution in [-0.2, 0) is 9.53 Å². The van der Waals surface area contributed by atoms with E-state index in [0.717, 1.165) is 29.7 Å². The van der Waals surface area contributed by atoms with Gasteiger partial charge in [-0.1, -0.05) is 12.1 Å². The minimum atomic E-state index is -0.255. The molecule has 0 N–H and O–H groups in total. The molecule has 2 aromatic rings. The molecule has 1 unspecified atom stereocenters. The normalized spacial score (nSPS) is 18.5. The molecular weight excluding hydrogens is 407 g/mol. The second kappa shape index (κ2) is 9.25. The van der Waals surface area contributed by atoms with Crippen LogP contribution in [0.4, 0.5) is 10.2 Å². The molecule has 168 valence electrons. The zero-order valence-electron chi connectivity index (χ0n) is 18.9. The van der Waals surface area contributed by atoms with Crippen molar-refractivity contribution in [2.75, 3.05) is 38.3 Å². The van der Waals surface area contributed by atoms with Crippen LogP contribution in [-0.4, -0.2) is 55.2 Å². The van der Waals surface area contributed by atoms with Gasteiger partial charge in [0.05, 0.1) is 24.3 Å². The number of anilines is 1. The van der Waals surface area contributed by atoms with Gasteiger partial charge in [0.1, 0.15) is 17.7 Å². The van der Waals surface area contributed by atoms with E-state index in [-0.39, 0.29) is 17.8 Å². The van der Waals surface area contributed by atoms with Crippen molar-refractivity contribution < 1.29 is 13.9 Å². The molecule has 1 aliphatic heterocycles. The van der Waals surface area contributed by atoms with Crippen LogP contribution in [0.2, 0.25) is 0 Å². The Balaban J connectivity index is 1.64. The van der Waals surface area contributed by atoms with Crippen LogP contribution in [0.5, 0.6) is 0 Å². The first kappa shape index (κ1) is 22.2. The zero-order chi connectivity index (χ0) is 22.8. The van der Waals surface area contributed by atoms with Crippen molar-refractivity contribution in [1.82, 2.24) is 9.88 Å². The number of aryl methyl sites for hydroxylation is 1. The number of carbonyl (C=O) groups excluding carboxylic acids is 1. The van der Waals surface area contributed by atoms with Gasteiger partial charge in [-0.05, 0) is 49.9 Å². The lowest BCUT2D eigenvalue weighted by molar-refractivity contribution is -0.134. The fraction of sp³-hybridized carbons (Fsp3) is 0.480. The maximum Gasteiger partial charge on any atom is 0.225 e. The summed E-state index contributed by atoms with van der Waals surface area (Å²) in [6, 6.07) is 9.37. The van der Waals surface area contributed by atoms with E-state index >= 15 is 0 Å². The first-order valence-corrected chi connectivity index (χ1v) is 11.2. The third-order valence-corrected chi connectivity index (χ3v) is 6.37. The molecule has 1 aliphatic carbocycles. The number of hydrogen-bond acceptors (Lipinski definition) is 5. The molecule has 0 radical (unpaired) electrons. The van der Waals surface area contributed by atoms with Crippen LogP contribution in [0.1, 0.15) is 48.9 Å². The Labute approximate surface area is 188 Å². The first-order chi connectivity index (χ1) is 15.4. The van der Waals surface area contributed by atoms with Crippen LogP contribution >= 0.6 is 0 Å². The molecule has 6 nitrogen and oxygen atoms in total. The monoisotopic (exact) mass is 436 g/mol. The van der Waals surface area contributed by atoms with Gasteiger partial charge >= 0.3 is 0 Å². The van der Waals surface area contributed by atoms with Gasteiger partial charge in [-0.3, -0.25) is 4.79 Å². The second-order valence-electron chi connectivity index (χ2n) is 8.77. The smallest absolute Gasteiger partial charge is 0.225 e. The summed E-state index contributed by atoms with van der Waals surface area (Å²) in [6.45, 7) is 5.99. The number of amides is 1. The molecule has 2 aliphatic rings. The number of hydrogen-bond donors (Lipinski definition) is 0. The summed E-state index contributed by atoms with van der Waals surface area (Å²) in [6.07, 6.45) is 2.48. The van der Waals surface area contributed by atoms with Gasteiger partial charge in [-0.25, -0.2) is 9.37 Å². The predicted octanol–water partition coefficient (Wildman–Crippen LogP) is 4.02. The average Bonchev–Trinajstić information content (AvgIpc) is 3.63. The second-order valence-corrected chi connectivity index (χ2v) is 8.77. The number of carbonyl (C=O) groups is 1.